The molecule has 2 aliphatic carbocycles. The summed E-state index contributed by atoms with van der Waals surface area (Å²) in [7, 11) is 0. The third-order valence-corrected chi connectivity index (χ3v) is 6.54. The van der Waals surface area contributed by atoms with Crippen molar-refractivity contribution in [2.45, 2.75) is 68.3 Å². The summed E-state index contributed by atoms with van der Waals surface area (Å²) in [5.74, 6) is 0.00571. The van der Waals surface area contributed by atoms with Gasteiger partial charge in [-0.2, -0.15) is 0 Å². The van der Waals surface area contributed by atoms with Gasteiger partial charge in [0.1, 0.15) is 0 Å². The summed E-state index contributed by atoms with van der Waals surface area (Å²) < 4.78 is 1.80. The number of rotatable bonds is 7. The van der Waals surface area contributed by atoms with Gasteiger partial charge < -0.3 is 5.32 Å². The molecule has 0 spiro atoms. The van der Waals surface area contributed by atoms with E-state index in [-0.39, 0.29) is 22.8 Å². The molecule has 0 unspecified atom stereocenters. The van der Waals surface area contributed by atoms with E-state index in [2.05, 4.69) is 11.4 Å². The van der Waals surface area contributed by atoms with Crippen LogP contribution in [-0.4, -0.2) is 27.3 Å². The van der Waals surface area contributed by atoms with Gasteiger partial charge in [-0.1, -0.05) is 35.5 Å². The lowest BCUT2D eigenvalue weighted by Gasteiger charge is -2.17. The zero-order chi connectivity index (χ0) is 19.5. The maximum absolute atomic E-state index is 12.9. The molecule has 1 aromatic carbocycles. The number of aromatic nitrogens is 2. The van der Waals surface area contributed by atoms with Crippen LogP contribution in [0.3, 0.4) is 0 Å². The molecule has 4 rings (SSSR count). The highest BCUT2D eigenvalue weighted by Crippen LogP contribution is 2.37. The summed E-state index contributed by atoms with van der Waals surface area (Å²) in [5, 5.41) is 4.06. The minimum absolute atomic E-state index is 0.00571. The first kappa shape index (κ1) is 19.2. The molecule has 0 saturated heterocycles. The Balaban J connectivity index is 1.44. The second kappa shape index (κ2) is 8.52. The number of nitrogens with one attached hydrogen (secondary N) is 1. The predicted molar refractivity (Wildman–Crippen MR) is 114 cm³/mol. The summed E-state index contributed by atoms with van der Waals surface area (Å²) in [6.45, 7) is 2.56. The lowest BCUT2D eigenvalue weighted by molar-refractivity contribution is -0.120. The fourth-order valence-electron chi connectivity index (χ4n) is 3.70. The number of amides is 1. The van der Waals surface area contributed by atoms with Gasteiger partial charge in [-0.3, -0.25) is 14.2 Å². The Hall–Kier alpha value is -2.08. The molecule has 28 heavy (non-hydrogen) atoms. The van der Waals surface area contributed by atoms with Crippen molar-refractivity contribution < 1.29 is 4.79 Å². The van der Waals surface area contributed by atoms with E-state index < -0.39 is 0 Å². The molecule has 2 aliphatic rings. The topological polar surface area (TPSA) is 64.0 Å². The molecule has 1 aromatic heterocycles. The van der Waals surface area contributed by atoms with E-state index in [1.54, 1.807) is 4.57 Å². The molecule has 0 aliphatic heterocycles. The third-order valence-electron chi connectivity index (χ3n) is 5.47. The van der Waals surface area contributed by atoms with Crippen molar-refractivity contribution in [3.63, 3.8) is 0 Å². The van der Waals surface area contributed by atoms with Gasteiger partial charge in [-0.15, -0.1) is 0 Å². The zero-order valence-corrected chi connectivity index (χ0v) is 17.1. The number of carbonyl (C=O) groups is 1. The van der Waals surface area contributed by atoms with E-state index >= 15 is 0 Å². The predicted octanol–water partition coefficient (Wildman–Crippen LogP) is 4.22. The SMILES string of the molecule is C[C@H](Sc1nc2ccccc2c(=O)n1C1CC1)C(=O)NCCC1=CCCCC1. The molecule has 0 radical (unpaired) electrons. The van der Waals surface area contributed by atoms with E-state index in [9.17, 15) is 9.59 Å². The normalized spacial score (nSPS) is 18.0. The van der Waals surface area contributed by atoms with Crippen molar-refractivity contribution in [3.8, 4) is 0 Å². The van der Waals surface area contributed by atoms with Crippen LogP contribution in [0.4, 0.5) is 0 Å². The number of fused-ring (bicyclic) bond motifs is 1. The quantitative estimate of drug-likeness (QED) is 0.432. The second-order valence-electron chi connectivity index (χ2n) is 7.73. The van der Waals surface area contributed by atoms with E-state index in [1.165, 1.54) is 36.6 Å². The molecule has 1 atom stereocenters. The molecule has 1 amide bonds. The third kappa shape index (κ3) is 4.32. The molecular formula is C22H27N3O2S. The number of thioether (sulfide) groups is 1. The molecule has 0 bridgehead atoms. The van der Waals surface area contributed by atoms with Gasteiger partial charge in [-0.05, 0) is 64.0 Å². The number of hydrogen-bond donors (Lipinski definition) is 1. The first-order valence-electron chi connectivity index (χ1n) is 10.3. The largest absolute Gasteiger partial charge is 0.355 e. The van der Waals surface area contributed by atoms with Gasteiger partial charge >= 0.3 is 0 Å². The van der Waals surface area contributed by atoms with Crippen LogP contribution < -0.4 is 10.9 Å². The fraction of sp³-hybridized carbons (Fsp3) is 0.500. The monoisotopic (exact) mass is 397 g/mol. The number of hydrogen-bond acceptors (Lipinski definition) is 4. The van der Waals surface area contributed by atoms with Gasteiger partial charge in [0.2, 0.25) is 5.91 Å². The van der Waals surface area contributed by atoms with Crippen molar-refractivity contribution in [2.75, 3.05) is 6.54 Å². The van der Waals surface area contributed by atoms with Gasteiger partial charge in [0.25, 0.3) is 5.56 Å². The summed E-state index contributed by atoms with van der Waals surface area (Å²) >= 11 is 1.39. The highest BCUT2D eigenvalue weighted by molar-refractivity contribution is 8.00. The van der Waals surface area contributed by atoms with Crippen LogP contribution in [0, 0.1) is 0 Å². The molecular weight excluding hydrogens is 370 g/mol. The first-order valence-corrected chi connectivity index (χ1v) is 11.1. The number of nitrogens with zero attached hydrogens (tertiary/aromatic N) is 2. The maximum Gasteiger partial charge on any atom is 0.262 e. The van der Waals surface area contributed by atoms with E-state index in [1.807, 2.05) is 31.2 Å². The summed E-state index contributed by atoms with van der Waals surface area (Å²) in [5.41, 5.74) is 2.17. The molecule has 2 aromatic rings. The molecule has 148 valence electrons. The van der Waals surface area contributed by atoms with Crippen LogP contribution in [0.25, 0.3) is 10.9 Å². The number of allylic oxidation sites excluding steroid dienone is 1. The summed E-state index contributed by atoms with van der Waals surface area (Å²) in [6, 6.07) is 7.67. The maximum atomic E-state index is 12.9. The van der Waals surface area contributed by atoms with Gasteiger partial charge in [0.15, 0.2) is 5.16 Å². The highest BCUT2D eigenvalue weighted by atomic mass is 32.2. The lowest BCUT2D eigenvalue weighted by atomic mass is 9.97. The Labute approximate surface area is 169 Å². The van der Waals surface area contributed by atoms with Crippen LogP contribution in [0.2, 0.25) is 0 Å². The minimum Gasteiger partial charge on any atom is -0.355 e. The number of para-hydroxylation sites is 1. The van der Waals surface area contributed by atoms with Crippen molar-refractivity contribution >= 4 is 28.6 Å². The number of benzene rings is 1. The number of carbonyl (C=O) groups excluding carboxylic acids is 1. The molecule has 1 N–H and O–H groups in total. The summed E-state index contributed by atoms with van der Waals surface area (Å²) in [4.78, 5) is 30.2. The lowest BCUT2D eigenvalue weighted by Crippen LogP contribution is -2.33. The van der Waals surface area contributed by atoms with Crippen molar-refractivity contribution in [1.29, 1.82) is 0 Å². The average molecular weight is 398 g/mol. The van der Waals surface area contributed by atoms with Crippen LogP contribution in [0.5, 0.6) is 0 Å². The molecule has 1 fully saturated rings. The van der Waals surface area contributed by atoms with Gasteiger partial charge in [-0.25, -0.2) is 4.98 Å². The highest BCUT2D eigenvalue weighted by Gasteiger charge is 2.30. The standard InChI is InChI=1S/C22H27N3O2S/c1-15(20(26)23-14-13-16-7-3-2-4-8-16)28-22-24-19-10-6-5-9-18(19)21(27)25(22)17-11-12-17/h5-7,9-10,15,17H,2-4,8,11-14H2,1H3,(H,23,26)/t15-/m0/s1. The van der Waals surface area contributed by atoms with Crippen LogP contribution in [0.15, 0.2) is 45.9 Å². The van der Waals surface area contributed by atoms with Crippen molar-refractivity contribution in [3.05, 3.63) is 46.3 Å². The minimum atomic E-state index is -0.293. The van der Waals surface area contributed by atoms with E-state index in [4.69, 9.17) is 4.98 Å². The Bertz CT molecular complexity index is 962. The first-order chi connectivity index (χ1) is 13.6. The molecule has 6 heteroatoms. The second-order valence-corrected chi connectivity index (χ2v) is 9.04. The Morgan fingerprint density at radius 3 is 2.89 bits per heavy atom. The van der Waals surface area contributed by atoms with Crippen LogP contribution in [-0.2, 0) is 4.79 Å². The van der Waals surface area contributed by atoms with Crippen molar-refractivity contribution in [2.24, 2.45) is 0 Å². The van der Waals surface area contributed by atoms with E-state index in [0.29, 0.717) is 22.6 Å². The fourth-order valence-corrected chi connectivity index (χ4v) is 4.70. The molecule has 1 saturated carbocycles. The average Bonchev–Trinajstić information content (AvgIpc) is 3.54. The van der Waals surface area contributed by atoms with Gasteiger partial charge in [0, 0.05) is 12.6 Å². The van der Waals surface area contributed by atoms with Crippen LogP contribution in [0.1, 0.15) is 57.9 Å². The Morgan fingerprint density at radius 2 is 2.14 bits per heavy atom. The summed E-state index contributed by atoms with van der Waals surface area (Å²) in [6.07, 6.45) is 10.1. The van der Waals surface area contributed by atoms with Gasteiger partial charge in [0.05, 0.1) is 16.2 Å². The Kier molecular flexibility index (Phi) is 5.85. The van der Waals surface area contributed by atoms with Crippen molar-refractivity contribution in [1.82, 2.24) is 14.9 Å². The molecule has 5 nitrogen and oxygen atoms in total. The zero-order valence-electron chi connectivity index (χ0n) is 16.3. The van der Waals surface area contributed by atoms with E-state index in [0.717, 1.165) is 25.7 Å². The van der Waals surface area contributed by atoms with Crippen LogP contribution >= 0.6 is 11.8 Å². The molecule has 1 heterocycles. The Morgan fingerprint density at radius 1 is 1.32 bits per heavy atom. The smallest absolute Gasteiger partial charge is 0.262 e.